The van der Waals surface area contributed by atoms with Gasteiger partial charge in [-0.15, -0.1) is 0 Å². The van der Waals surface area contributed by atoms with Gasteiger partial charge >= 0.3 is 0 Å². The maximum Gasteiger partial charge on any atom is 0.0467 e. The largest absolute Gasteiger partial charge is 0.385 e. The molecule has 0 bridgehead atoms. The lowest BCUT2D eigenvalue weighted by Gasteiger charge is -2.42. The Morgan fingerprint density at radius 2 is 1.82 bits per heavy atom. The molecular formula is C16H24O. The van der Waals surface area contributed by atoms with Crippen LogP contribution in [0.4, 0.5) is 0 Å². The zero-order valence-electron chi connectivity index (χ0n) is 11.3. The Hall–Kier alpha value is -0.820. The summed E-state index contributed by atoms with van der Waals surface area (Å²) in [5.41, 5.74) is 2.19. The number of benzene rings is 1. The van der Waals surface area contributed by atoms with Crippen molar-refractivity contribution in [3.8, 4) is 0 Å². The van der Waals surface area contributed by atoms with Crippen LogP contribution in [0, 0.1) is 5.41 Å². The fraction of sp³-hybridized carbons (Fsp3) is 0.625. The summed E-state index contributed by atoms with van der Waals surface area (Å²) in [6, 6.07) is 11.0. The van der Waals surface area contributed by atoms with E-state index in [0.717, 1.165) is 13.0 Å². The molecule has 0 radical (unpaired) electrons. The second-order valence-corrected chi connectivity index (χ2v) is 5.86. The van der Waals surface area contributed by atoms with E-state index in [4.69, 9.17) is 4.74 Å². The molecule has 17 heavy (non-hydrogen) atoms. The fourth-order valence-corrected chi connectivity index (χ4v) is 3.44. The molecule has 0 amide bonds. The molecule has 1 aromatic rings. The Balaban J connectivity index is 2.29. The summed E-state index contributed by atoms with van der Waals surface area (Å²) in [7, 11) is 1.80. The van der Waals surface area contributed by atoms with Gasteiger partial charge in [0.05, 0.1) is 0 Å². The van der Waals surface area contributed by atoms with E-state index in [0.29, 0.717) is 10.8 Å². The van der Waals surface area contributed by atoms with Gasteiger partial charge in [0.25, 0.3) is 0 Å². The number of hydrogen-bond donors (Lipinski definition) is 0. The van der Waals surface area contributed by atoms with Gasteiger partial charge < -0.3 is 4.74 Å². The van der Waals surface area contributed by atoms with Crippen LogP contribution in [0.25, 0.3) is 0 Å². The van der Waals surface area contributed by atoms with Crippen LogP contribution in [0.3, 0.4) is 0 Å². The smallest absolute Gasteiger partial charge is 0.0467 e. The first-order chi connectivity index (χ1) is 8.12. The quantitative estimate of drug-likeness (QED) is 0.757. The molecule has 1 aromatic carbocycles. The second kappa shape index (κ2) is 4.81. The fourth-order valence-electron chi connectivity index (χ4n) is 3.44. The third-order valence-electron chi connectivity index (χ3n) is 5.01. The number of rotatable bonds is 4. The highest BCUT2D eigenvalue weighted by Crippen LogP contribution is 2.55. The highest BCUT2D eigenvalue weighted by molar-refractivity contribution is 5.29. The minimum absolute atomic E-state index is 0.312. The van der Waals surface area contributed by atoms with Crippen molar-refractivity contribution in [1.29, 1.82) is 0 Å². The van der Waals surface area contributed by atoms with E-state index < -0.39 is 0 Å². The van der Waals surface area contributed by atoms with Gasteiger partial charge in [-0.2, -0.15) is 0 Å². The molecule has 1 saturated carbocycles. The van der Waals surface area contributed by atoms with Crippen molar-refractivity contribution in [1.82, 2.24) is 0 Å². The third kappa shape index (κ3) is 2.13. The lowest BCUT2D eigenvalue weighted by Crippen LogP contribution is -2.37. The molecule has 0 heterocycles. The lowest BCUT2D eigenvalue weighted by atomic mass is 9.63. The zero-order valence-corrected chi connectivity index (χ0v) is 11.3. The van der Waals surface area contributed by atoms with E-state index in [9.17, 15) is 0 Å². The van der Waals surface area contributed by atoms with E-state index in [1.807, 2.05) is 0 Å². The second-order valence-electron chi connectivity index (χ2n) is 5.86. The Bertz CT molecular complexity index is 359. The molecule has 0 spiro atoms. The van der Waals surface area contributed by atoms with Crippen LogP contribution in [-0.4, -0.2) is 13.7 Å². The number of ether oxygens (including phenoxy) is 1. The molecule has 1 nitrogen and oxygen atoms in total. The van der Waals surface area contributed by atoms with Gasteiger partial charge in [0.15, 0.2) is 0 Å². The summed E-state index contributed by atoms with van der Waals surface area (Å²) in [6.07, 6.45) is 5.12. The van der Waals surface area contributed by atoms with Gasteiger partial charge in [-0.3, -0.25) is 0 Å². The molecule has 1 heteroatoms. The molecule has 2 atom stereocenters. The molecule has 0 N–H and O–H groups in total. The molecule has 94 valence electrons. The van der Waals surface area contributed by atoms with E-state index >= 15 is 0 Å². The molecule has 1 aliphatic carbocycles. The standard InChI is InChI=1S/C16H24O/c1-15(12-13-17-3)10-7-11-16(15,2)14-8-5-4-6-9-14/h4-6,8-9H,7,10-13H2,1-3H3/t15-,16+/m0/s1. The summed E-state index contributed by atoms with van der Waals surface area (Å²) in [4.78, 5) is 0. The van der Waals surface area contributed by atoms with Crippen LogP contribution in [-0.2, 0) is 10.2 Å². The minimum atomic E-state index is 0.312. The summed E-state index contributed by atoms with van der Waals surface area (Å²) in [5, 5.41) is 0. The third-order valence-corrected chi connectivity index (χ3v) is 5.01. The van der Waals surface area contributed by atoms with Crippen molar-refractivity contribution < 1.29 is 4.74 Å². The Kier molecular flexibility index (Phi) is 3.58. The molecule has 2 rings (SSSR count). The molecular weight excluding hydrogens is 208 g/mol. The normalized spacial score (nSPS) is 32.9. The van der Waals surface area contributed by atoms with Crippen LogP contribution in [0.15, 0.2) is 30.3 Å². The average Bonchev–Trinajstić information content (AvgIpc) is 2.66. The van der Waals surface area contributed by atoms with Gasteiger partial charge in [0, 0.05) is 13.7 Å². The molecule has 0 unspecified atom stereocenters. The van der Waals surface area contributed by atoms with Crippen LogP contribution < -0.4 is 0 Å². The molecule has 1 aliphatic rings. The van der Waals surface area contributed by atoms with Gasteiger partial charge in [-0.25, -0.2) is 0 Å². The van der Waals surface area contributed by atoms with Gasteiger partial charge in [-0.05, 0) is 35.7 Å². The Morgan fingerprint density at radius 3 is 2.47 bits per heavy atom. The van der Waals surface area contributed by atoms with E-state index in [1.165, 1.54) is 24.8 Å². The van der Waals surface area contributed by atoms with Crippen LogP contribution in [0.5, 0.6) is 0 Å². The van der Waals surface area contributed by atoms with Crippen LogP contribution in [0.1, 0.15) is 45.1 Å². The van der Waals surface area contributed by atoms with Crippen molar-refractivity contribution >= 4 is 0 Å². The zero-order chi connectivity index (χ0) is 12.4. The van der Waals surface area contributed by atoms with Crippen molar-refractivity contribution in [3.63, 3.8) is 0 Å². The predicted octanol–water partition coefficient (Wildman–Crippen LogP) is 4.17. The Morgan fingerprint density at radius 1 is 1.12 bits per heavy atom. The summed E-state index contributed by atoms with van der Waals surface area (Å²) < 4.78 is 5.30. The van der Waals surface area contributed by atoms with Crippen molar-refractivity contribution in [2.45, 2.75) is 44.9 Å². The van der Waals surface area contributed by atoms with Crippen molar-refractivity contribution in [2.75, 3.05) is 13.7 Å². The summed E-state index contributed by atoms with van der Waals surface area (Å²) in [6.45, 7) is 5.75. The van der Waals surface area contributed by atoms with Crippen LogP contribution >= 0.6 is 0 Å². The lowest BCUT2D eigenvalue weighted by molar-refractivity contribution is 0.105. The number of methoxy groups -OCH3 is 1. The van der Waals surface area contributed by atoms with E-state index in [2.05, 4.69) is 44.2 Å². The van der Waals surface area contributed by atoms with Gasteiger partial charge in [-0.1, -0.05) is 50.6 Å². The molecule has 0 saturated heterocycles. The first kappa shape index (κ1) is 12.6. The monoisotopic (exact) mass is 232 g/mol. The Labute approximate surface area is 105 Å². The van der Waals surface area contributed by atoms with E-state index in [1.54, 1.807) is 7.11 Å². The summed E-state index contributed by atoms with van der Waals surface area (Å²) >= 11 is 0. The predicted molar refractivity (Wildman–Crippen MR) is 72.2 cm³/mol. The maximum atomic E-state index is 5.30. The maximum absolute atomic E-state index is 5.30. The van der Waals surface area contributed by atoms with Crippen molar-refractivity contribution in [2.24, 2.45) is 5.41 Å². The van der Waals surface area contributed by atoms with Gasteiger partial charge in [0.2, 0.25) is 0 Å². The highest BCUT2D eigenvalue weighted by Gasteiger charge is 2.48. The van der Waals surface area contributed by atoms with Gasteiger partial charge in [0.1, 0.15) is 0 Å². The van der Waals surface area contributed by atoms with Crippen LogP contribution in [0.2, 0.25) is 0 Å². The van der Waals surface area contributed by atoms with E-state index in [-0.39, 0.29) is 0 Å². The molecule has 1 fully saturated rings. The minimum Gasteiger partial charge on any atom is -0.385 e. The first-order valence-corrected chi connectivity index (χ1v) is 6.67. The molecule has 0 aromatic heterocycles. The first-order valence-electron chi connectivity index (χ1n) is 6.67. The SMILES string of the molecule is COCC[C@]1(C)CCC[C@]1(C)c1ccccc1. The average molecular weight is 232 g/mol. The molecule has 0 aliphatic heterocycles. The summed E-state index contributed by atoms with van der Waals surface area (Å²) in [5.74, 6) is 0. The van der Waals surface area contributed by atoms with Crippen molar-refractivity contribution in [3.05, 3.63) is 35.9 Å². The topological polar surface area (TPSA) is 9.23 Å². The highest BCUT2D eigenvalue weighted by atomic mass is 16.5. The number of hydrogen-bond acceptors (Lipinski definition) is 1.